The normalized spacial score (nSPS) is 12.4. The monoisotopic (exact) mass is 614 g/mol. The fourth-order valence-corrected chi connectivity index (χ4v) is 5.26. The number of hydrogen-bond donors (Lipinski definition) is 0. The maximum atomic E-state index is 13.6. The van der Waals surface area contributed by atoms with Gasteiger partial charge < -0.3 is 9.13 Å². The van der Waals surface area contributed by atoms with E-state index in [9.17, 15) is 17.6 Å². The van der Waals surface area contributed by atoms with Crippen molar-refractivity contribution in [2.45, 2.75) is 38.5 Å². The molecule has 0 aliphatic heterocycles. The number of aryl methyl sites for hydroxylation is 2. The minimum absolute atomic E-state index is 0. The van der Waals surface area contributed by atoms with Crippen molar-refractivity contribution in [3.05, 3.63) is 167 Å². The molecule has 216 valence electrons. The summed E-state index contributed by atoms with van der Waals surface area (Å²) in [6.07, 6.45) is 9.92. The van der Waals surface area contributed by atoms with Gasteiger partial charge in [0.2, 0.25) is 0 Å². The maximum Gasteiger partial charge on any atom is 4.00 e. The van der Waals surface area contributed by atoms with E-state index in [2.05, 4.69) is 12.1 Å². The number of nitrogens with zero attached hydrogens (tertiary/aromatic N) is 2. The molecular formula is C36H30F4N2Ti. The topological polar surface area (TPSA) is 9.86 Å². The zero-order chi connectivity index (χ0) is 29.3. The molecule has 0 radical (unpaired) electrons. The molecule has 2 heterocycles. The fraction of sp³-hybridized carbons (Fsp3) is 0.167. The molecule has 0 N–H and O–H groups in total. The van der Waals surface area contributed by atoms with Gasteiger partial charge in [0.25, 0.3) is 0 Å². The second-order valence-corrected chi connectivity index (χ2v) is 9.96. The Morgan fingerprint density at radius 3 is 1.26 bits per heavy atom. The standard InChI is InChI=1S/2C13H10F2N.2C5H5.Ti/c2*14-10-4-5-13(11(15)8-10)16-7-6-9-2-1-3-12(9)16;2*1-2-4-5-3-1;/h2*4-7H,1-3H2;2*1-5H;/q4*-1;+4. The first-order valence-corrected chi connectivity index (χ1v) is 14.0. The molecule has 0 unspecified atom stereocenters. The molecule has 0 saturated carbocycles. The zero-order valence-corrected chi connectivity index (χ0v) is 25.1. The van der Waals surface area contributed by atoms with Gasteiger partial charge in [-0.05, 0) is 85.6 Å². The van der Waals surface area contributed by atoms with Gasteiger partial charge in [-0.2, -0.15) is 36.4 Å². The number of rotatable bonds is 2. The van der Waals surface area contributed by atoms with Gasteiger partial charge in [-0.25, -0.2) is 41.8 Å². The average Bonchev–Trinajstić information content (AvgIpc) is 3.82. The van der Waals surface area contributed by atoms with Gasteiger partial charge in [-0.1, -0.05) is 0 Å². The van der Waals surface area contributed by atoms with Gasteiger partial charge >= 0.3 is 21.7 Å². The van der Waals surface area contributed by atoms with E-state index in [1.54, 1.807) is 9.13 Å². The van der Waals surface area contributed by atoms with E-state index in [1.807, 2.05) is 85.2 Å². The molecule has 7 heteroatoms. The van der Waals surface area contributed by atoms with Gasteiger partial charge in [0, 0.05) is 34.7 Å². The first-order chi connectivity index (χ1) is 20.5. The minimum atomic E-state index is -0.662. The summed E-state index contributed by atoms with van der Waals surface area (Å²) in [5.74, 6) is -2.59. The summed E-state index contributed by atoms with van der Waals surface area (Å²) >= 11 is 0. The number of benzene rings is 2. The Kier molecular flexibility index (Phi) is 11.6. The molecular weight excluding hydrogens is 584 g/mol. The van der Waals surface area contributed by atoms with E-state index >= 15 is 0 Å². The number of hydrogen-bond acceptors (Lipinski definition) is 0. The number of halogens is 4. The largest absolute Gasteiger partial charge is 4.00 e. The van der Waals surface area contributed by atoms with Crippen molar-refractivity contribution in [3.8, 4) is 11.4 Å². The van der Waals surface area contributed by atoms with Crippen molar-refractivity contribution in [1.29, 1.82) is 0 Å². The molecule has 8 rings (SSSR count). The Hall–Kier alpha value is -3.87. The molecule has 0 spiro atoms. The second-order valence-electron chi connectivity index (χ2n) is 9.96. The molecule has 2 aliphatic rings. The first kappa shape index (κ1) is 32.1. The second kappa shape index (κ2) is 15.6. The Morgan fingerprint density at radius 2 is 0.930 bits per heavy atom. The Labute approximate surface area is 264 Å². The van der Waals surface area contributed by atoms with Crippen LogP contribution in [-0.2, 0) is 47.4 Å². The van der Waals surface area contributed by atoms with Crippen LogP contribution in [0.4, 0.5) is 17.6 Å². The third kappa shape index (κ3) is 8.16. The number of fused-ring (bicyclic) bond motifs is 2. The summed E-state index contributed by atoms with van der Waals surface area (Å²) in [5, 5.41) is 0. The molecule has 2 aliphatic carbocycles. The van der Waals surface area contributed by atoms with Gasteiger partial charge in [0.15, 0.2) is 0 Å². The Bertz CT molecular complexity index is 1520. The Morgan fingerprint density at radius 1 is 0.535 bits per heavy atom. The summed E-state index contributed by atoms with van der Waals surface area (Å²) < 4.78 is 56.2. The van der Waals surface area contributed by atoms with E-state index in [0.717, 1.165) is 49.9 Å². The molecule has 0 fully saturated rings. The first-order valence-electron chi connectivity index (χ1n) is 14.0. The van der Waals surface area contributed by atoms with Gasteiger partial charge in [0.1, 0.15) is 0 Å². The Balaban J connectivity index is 0.000000147. The van der Waals surface area contributed by atoms with Crippen molar-refractivity contribution in [1.82, 2.24) is 9.13 Å². The van der Waals surface area contributed by atoms with E-state index in [4.69, 9.17) is 0 Å². The molecule has 2 nitrogen and oxygen atoms in total. The van der Waals surface area contributed by atoms with Gasteiger partial charge in [0.05, 0.1) is 0 Å². The molecule has 0 saturated heterocycles. The molecule has 43 heavy (non-hydrogen) atoms. The number of aromatic nitrogens is 2. The molecule has 4 aromatic carbocycles. The van der Waals surface area contributed by atoms with Crippen molar-refractivity contribution in [2.75, 3.05) is 0 Å². The molecule has 0 amide bonds. The summed E-state index contributed by atoms with van der Waals surface area (Å²) in [4.78, 5) is 0. The van der Waals surface area contributed by atoms with E-state index < -0.39 is 23.3 Å². The minimum Gasteiger partial charge on any atom is -0.372 e. The van der Waals surface area contributed by atoms with Crippen LogP contribution >= 0.6 is 0 Å². The van der Waals surface area contributed by atoms with Gasteiger partial charge in [-0.15, -0.1) is 36.4 Å². The third-order valence-electron chi connectivity index (χ3n) is 7.21. The van der Waals surface area contributed by atoms with Crippen molar-refractivity contribution in [3.63, 3.8) is 0 Å². The van der Waals surface area contributed by atoms with Crippen LogP contribution in [0.25, 0.3) is 11.4 Å². The average molecular weight is 615 g/mol. The van der Waals surface area contributed by atoms with Crippen LogP contribution in [0.15, 0.2) is 109 Å². The molecule has 0 bridgehead atoms. The van der Waals surface area contributed by atoms with Crippen LogP contribution in [0.5, 0.6) is 0 Å². The summed E-state index contributed by atoms with van der Waals surface area (Å²) in [7, 11) is 0. The van der Waals surface area contributed by atoms with Crippen LogP contribution in [0, 0.1) is 35.4 Å². The summed E-state index contributed by atoms with van der Waals surface area (Å²) in [6.45, 7) is 0. The van der Waals surface area contributed by atoms with Crippen LogP contribution in [-0.4, -0.2) is 9.13 Å². The predicted molar refractivity (Wildman–Crippen MR) is 157 cm³/mol. The van der Waals surface area contributed by atoms with Crippen molar-refractivity contribution >= 4 is 0 Å². The maximum absolute atomic E-state index is 13.6. The molecule has 6 aromatic rings. The van der Waals surface area contributed by atoms with Crippen LogP contribution in [0.3, 0.4) is 0 Å². The van der Waals surface area contributed by atoms with Crippen molar-refractivity contribution in [2.24, 2.45) is 0 Å². The smallest absolute Gasteiger partial charge is 0.372 e. The van der Waals surface area contributed by atoms with E-state index in [1.165, 1.54) is 35.4 Å². The summed E-state index contributed by atoms with van der Waals surface area (Å²) in [6, 6.07) is 33.5. The predicted octanol–water partition coefficient (Wildman–Crippen LogP) is 8.90. The quantitative estimate of drug-likeness (QED) is 0.105. The van der Waals surface area contributed by atoms with E-state index in [0.29, 0.717) is 11.4 Å². The fourth-order valence-electron chi connectivity index (χ4n) is 5.26. The summed E-state index contributed by atoms with van der Waals surface area (Å²) in [5.41, 5.74) is 5.57. The van der Waals surface area contributed by atoms with Crippen LogP contribution < -0.4 is 0 Å². The molecule has 0 atom stereocenters. The van der Waals surface area contributed by atoms with Gasteiger partial charge in [-0.3, -0.25) is 0 Å². The van der Waals surface area contributed by atoms with Crippen LogP contribution in [0.1, 0.15) is 35.4 Å². The van der Waals surface area contributed by atoms with E-state index in [-0.39, 0.29) is 21.7 Å². The zero-order valence-electron chi connectivity index (χ0n) is 23.5. The van der Waals surface area contributed by atoms with Crippen LogP contribution in [0.2, 0.25) is 0 Å². The third-order valence-corrected chi connectivity index (χ3v) is 7.21. The molecule has 2 aromatic heterocycles. The van der Waals surface area contributed by atoms with Crippen molar-refractivity contribution < 1.29 is 39.3 Å². The SMILES string of the molecule is Fc1[c-]c(F)c(-n2ccc3c2CCC3)cc1.Fc1[c-]c(F)c(-n2ccc3c2CCC3)cc1.[Ti+4].c1cc[cH-]c1.c1cc[cH-]c1.